The molecule has 1 heterocycles. The van der Waals surface area contributed by atoms with Crippen LogP contribution in [0.25, 0.3) is 0 Å². The van der Waals surface area contributed by atoms with Crippen LogP contribution in [-0.4, -0.2) is 28.6 Å². The van der Waals surface area contributed by atoms with Gasteiger partial charge >= 0.3 is 5.97 Å². The summed E-state index contributed by atoms with van der Waals surface area (Å²) in [4.78, 5) is 16.4. The molecule has 17 heavy (non-hydrogen) atoms. The molecule has 0 atom stereocenters. The van der Waals surface area contributed by atoms with Gasteiger partial charge in [0.1, 0.15) is 5.56 Å². The van der Waals surface area contributed by atoms with Crippen LogP contribution in [-0.2, 0) is 0 Å². The first-order valence-electron chi connectivity index (χ1n) is 5.43. The summed E-state index contributed by atoms with van der Waals surface area (Å²) in [6.45, 7) is 5.87. The molecule has 0 amide bonds. The molecule has 5 heteroatoms. The summed E-state index contributed by atoms with van der Waals surface area (Å²) in [5.41, 5.74) is -0.640. The third-order valence-electron chi connectivity index (χ3n) is 3.19. The minimum absolute atomic E-state index is 0.0664. The fourth-order valence-corrected chi connectivity index (χ4v) is 1.36. The number of halogens is 1. The van der Waals surface area contributed by atoms with Crippen LogP contribution in [0.15, 0.2) is 12.3 Å². The highest BCUT2D eigenvalue weighted by molar-refractivity contribution is 5.88. The molecule has 0 spiro atoms. The predicted molar refractivity (Wildman–Crippen MR) is 63.9 cm³/mol. The normalized spacial score (nSPS) is 11.4. The van der Waals surface area contributed by atoms with Crippen molar-refractivity contribution in [3.8, 4) is 0 Å². The average molecular weight is 240 g/mol. The largest absolute Gasteiger partial charge is 0.478 e. The molecule has 0 fully saturated rings. The van der Waals surface area contributed by atoms with Crippen molar-refractivity contribution in [3.63, 3.8) is 0 Å². The van der Waals surface area contributed by atoms with Gasteiger partial charge in [-0.1, -0.05) is 6.92 Å². The molecule has 0 bridgehead atoms. The van der Waals surface area contributed by atoms with E-state index in [-0.39, 0.29) is 16.9 Å². The summed E-state index contributed by atoms with van der Waals surface area (Å²) in [6.07, 6.45) is 2.10. The second-order valence-electron chi connectivity index (χ2n) is 4.53. The van der Waals surface area contributed by atoms with Crippen LogP contribution in [0.1, 0.15) is 37.6 Å². The van der Waals surface area contributed by atoms with E-state index in [0.717, 1.165) is 12.5 Å². The summed E-state index contributed by atoms with van der Waals surface area (Å²) in [7, 11) is 1.71. The summed E-state index contributed by atoms with van der Waals surface area (Å²) in [5, 5.41) is 8.85. The lowest BCUT2D eigenvalue weighted by Crippen LogP contribution is -2.41. The van der Waals surface area contributed by atoms with Crippen molar-refractivity contribution < 1.29 is 14.3 Å². The smallest absolute Gasteiger partial charge is 0.338 e. The lowest BCUT2D eigenvalue weighted by molar-refractivity contribution is 0.0691. The second-order valence-corrected chi connectivity index (χ2v) is 4.53. The van der Waals surface area contributed by atoms with Crippen LogP contribution in [0.4, 0.5) is 10.2 Å². The first-order valence-corrected chi connectivity index (χ1v) is 5.43. The lowest BCUT2D eigenvalue weighted by atomic mass is 10.00. The SMILES string of the molecule is CCC(C)(C)N(C)c1nccc(C(=O)O)c1F. The van der Waals surface area contributed by atoms with Crippen LogP contribution in [0.2, 0.25) is 0 Å². The van der Waals surface area contributed by atoms with Gasteiger partial charge in [0.05, 0.1) is 0 Å². The Morgan fingerprint density at radius 2 is 2.18 bits per heavy atom. The third kappa shape index (κ3) is 2.54. The highest BCUT2D eigenvalue weighted by Crippen LogP contribution is 2.26. The summed E-state index contributed by atoms with van der Waals surface area (Å²) < 4.78 is 14.0. The van der Waals surface area contributed by atoms with Crippen LogP contribution in [0.5, 0.6) is 0 Å². The zero-order valence-corrected chi connectivity index (χ0v) is 10.5. The maximum Gasteiger partial charge on any atom is 0.338 e. The van der Waals surface area contributed by atoms with Crippen molar-refractivity contribution in [3.05, 3.63) is 23.6 Å². The van der Waals surface area contributed by atoms with Gasteiger partial charge in [-0.15, -0.1) is 0 Å². The van der Waals surface area contributed by atoms with Crippen LogP contribution in [0, 0.1) is 5.82 Å². The Hall–Kier alpha value is -1.65. The van der Waals surface area contributed by atoms with Gasteiger partial charge in [0.15, 0.2) is 11.6 Å². The molecule has 1 aromatic rings. The van der Waals surface area contributed by atoms with E-state index in [9.17, 15) is 9.18 Å². The van der Waals surface area contributed by atoms with E-state index in [1.807, 2.05) is 20.8 Å². The van der Waals surface area contributed by atoms with E-state index in [4.69, 9.17) is 5.11 Å². The molecular weight excluding hydrogens is 223 g/mol. The van der Waals surface area contributed by atoms with Crippen molar-refractivity contribution in [1.29, 1.82) is 0 Å². The topological polar surface area (TPSA) is 53.4 Å². The molecular formula is C12H17FN2O2. The molecule has 0 radical (unpaired) electrons. The number of hydrogen-bond acceptors (Lipinski definition) is 3. The number of rotatable bonds is 4. The van der Waals surface area contributed by atoms with Crippen molar-refractivity contribution in [2.75, 3.05) is 11.9 Å². The zero-order valence-electron chi connectivity index (χ0n) is 10.5. The molecule has 94 valence electrons. The maximum absolute atomic E-state index is 14.0. The Morgan fingerprint density at radius 3 is 2.65 bits per heavy atom. The van der Waals surface area contributed by atoms with Crippen molar-refractivity contribution in [2.24, 2.45) is 0 Å². The molecule has 0 aliphatic rings. The molecule has 0 unspecified atom stereocenters. The Balaban J connectivity index is 3.24. The molecule has 0 saturated heterocycles. The molecule has 1 N–H and O–H groups in total. The summed E-state index contributed by atoms with van der Waals surface area (Å²) in [5.74, 6) is -2.00. The van der Waals surface area contributed by atoms with Gasteiger partial charge in [-0.05, 0) is 26.3 Å². The first-order chi connectivity index (χ1) is 7.81. The Labute approximate surface area is 100 Å². The number of nitrogens with zero attached hydrogens (tertiary/aromatic N) is 2. The van der Waals surface area contributed by atoms with E-state index < -0.39 is 11.8 Å². The number of anilines is 1. The van der Waals surface area contributed by atoms with Crippen molar-refractivity contribution >= 4 is 11.8 Å². The third-order valence-corrected chi connectivity index (χ3v) is 3.19. The van der Waals surface area contributed by atoms with Gasteiger partial charge < -0.3 is 10.0 Å². The Kier molecular flexibility index (Phi) is 3.70. The van der Waals surface area contributed by atoms with Gasteiger partial charge in [-0.25, -0.2) is 14.2 Å². The van der Waals surface area contributed by atoms with E-state index in [2.05, 4.69) is 4.98 Å². The van der Waals surface area contributed by atoms with Crippen LogP contribution in [0.3, 0.4) is 0 Å². The van der Waals surface area contributed by atoms with Gasteiger partial charge in [0.2, 0.25) is 0 Å². The molecule has 1 rings (SSSR count). The summed E-state index contributed by atoms with van der Waals surface area (Å²) >= 11 is 0. The highest BCUT2D eigenvalue weighted by atomic mass is 19.1. The minimum atomic E-state index is -1.28. The number of hydrogen-bond donors (Lipinski definition) is 1. The van der Waals surface area contributed by atoms with E-state index in [1.165, 1.54) is 6.20 Å². The Morgan fingerprint density at radius 1 is 1.59 bits per heavy atom. The van der Waals surface area contributed by atoms with Crippen molar-refractivity contribution in [1.82, 2.24) is 4.98 Å². The van der Waals surface area contributed by atoms with E-state index in [1.54, 1.807) is 11.9 Å². The number of pyridine rings is 1. The molecule has 0 aliphatic carbocycles. The number of carbonyl (C=O) groups is 1. The fourth-order valence-electron chi connectivity index (χ4n) is 1.36. The predicted octanol–water partition coefficient (Wildman–Crippen LogP) is 2.54. The van der Waals surface area contributed by atoms with E-state index >= 15 is 0 Å². The van der Waals surface area contributed by atoms with Gasteiger partial charge in [0, 0.05) is 18.8 Å². The number of aromatic nitrogens is 1. The van der Waals surface area contributed by atoms with Crippen LogP contribution >= 0.6 is 0 Å². The van der Waals surface area contributed by atoms with Gasteiger partial charge in [-0.3, -0.25) is 0 Å². The number of carboxylic acids is 1. The summed E-state index contributed by atoms with van der Waals surface area (Å²) in [6, 6.07) is 1.16. The molecule has 4 nitrogen and oxygen atoms in total. The maximum atomic E-state index is 14.0. The van der Waals surface area contributed by atoms with Crippen molar-refractivity contribution in [2.45, 2.75) is 32.7 Å². The van der Waals surface area contributed by atoms with Gasteiger partial charge in [-0.2, -0.15) is 0 Å². The molecule has 0 aliphatic heterocycles. The Bertz CT molecular complexity index is 433. The molecule has 1 aromatic heterocycles. The average Bonchev–Trinajstić information content (AvgIpc) is 2.28. The monoisotopic (exact) mass is 240 g/mol. The quantitative estimate of drug-likeness (QED) is 0.878. The lowest BCUT2D eigenvalue weighted by Gasteiger charge is -2.36. The van der Waals surface area contributed by atoms with Gasteiger partial charge in [0.25, 0.3) is 0 Å². The molecule has 0 saturated carbocycles. The minimum Gasteiger partial charge on any atom is -0.478 e. The fraction of sp³-hybridized carbons (Fsp3) is 0.500. The standard InChI is InChI=1S/C12H17FN2O2/c1-5-12(2,3)15(4)10-9(13)8(11(16)17)6-7-14-10/h6-7H,5H2,1-4H3,(H,16,17). The molecule has 0 aromatic carbocycles. The number of aromatic carboxylic acids is 1. The first kappa shape index (κ1) is 13.4. The number of carboxylic acid groups (broad SMARTS) is 1. The second kappa shape index (κ2) is 4.69. The zero-order chi connectivity index (χ0) is 13.2. The highest BCUT2D eigenvalue weighted by Gasteiger charge is 2.26. The van der Waals surface area contributed by atoms with E-state index in [0.29, 0.717) is 0 Å². The van der Waals surface area contributed by atoms with Crippen LogP contribution < -0.4 is 4.90 Å².